The molecule has 3 rings (SSSR count). The zero-order chi connectivity index (χ0) is 13.9. The van der Waals surface area contributed by atoms with Gasteiger partial charge in [0.25, 0.3) is 0 Å². The van der Waals surface area contributed by atoms with Crippen molar-refractivity contribution in [2.24, 2.45) is 23.2 Å². The molecule has 3 aliphatic rings. The molecule has 7 atom stereocenters. The summed E-state index contributed by atoms with van der Waals surface area (Å²) in [4.78, 5) is 11.7. The number of fused-ring (bicyclic) bond motifs is 3. The number of rotatable bonds is 0. The highest BCUT2D eigenvalue weighted by Crippen LogP contribution is 2.57. The summed E-state index contributed by atoms with van der Waals surface area (Å²) in [5.41, 5.74) is 0.291. The highest BCUT2D eigenvalue weighted by molar-refractivity contribution is 5.90. The lowest BCUT2D eigenvalue weighted by Crippen LogP contribution is -2.59. The molecular formula is C15H22O4. The molecule has 0 aromatic carbocycles. The van der Waals surface area contributed by atoms with Crippen molar-refractivity contribution in [2.75, 3.05) is 0 Å². The minimum Gasteiger partial charge on any atom is -0.458 e. The quantitative estimate of drug-likeness (QED) is 0.512. The Morgan fingerprint density at radius 2 is 2.11 bits per heavy atom. The van der Waals surface area contributed by atoms with Crippen LogP contribution in [0.3, 0.4) is 0 Å². The number of carbonyl (C=O) groups is 1. The van der Waals surface area contributed by atoms with Crippen molar-refractivity contribution >= 4 is 5.97 Å². The summed E-state index contributed by atoms with van der Waals surface area (Å²) in [7, 11) is 0. The molecule has 1 aliphatic heterocycles. The SMILES string of the molecule is C=C1C(=O)OC2C1CCC1(C)C(O)CC(O)C(C)C21. The third-order valence-corrected chi connectivity index (χ3v) is 5.86. The fraction of sp³-hybridized carbons (Fsp3) is 0.800. The van der Waals surface area contributed by atoms with E-state index in [0.29, 0.717) is 12.0 Å². The molecule has 0 bridgehead atoms. The summed E-state index contributed by atoms with van der Waals surface area (Å²) in [6, 6.07) is 0. The average molecular weight is 266 g/mol. The van der Waals surface area contributed by atoms with Gasteiger partial charge in [-0.3, -0.25) is 0 Å². The third kappa shape index (κ3) is 1.62. The van der Waals surface area contributed by atoms with E-state index in [4.69, 9.17) is 4.74 Å². The third-order valence-electron chi connectivity index (χ3n) is 5.86. The number of esters is 1. The fourth-order valence-electron chi connectivity index (χ4n) is 4.54. The van der Waals surface area contributed by atoms with E-state index in [2.05, 4.69) is 13.5 Å². The highest BCUT2D eigenvalue weighted by atomic mass is 16.6. The first kappa shape index (κ1) is 13.1. The maximum absolute atomic E-state index is 11.7. The number of hydrogen-bond acceptors (Lipinski definition) is 4. The van der Waals surface area contributed by atoms with Gasteiger partial charge in [-0.1, -0.05) is 20.4 Å². The van der Waals surface area contributed by atoms with Gasteiger partial charge in [-0.25, -0.2) is 4.79 Å². The molecule has 1 saturated heterocycles. The molecule has 0 aromatic heterocycles. The van der Waals surface area contributed by atoms with Gasteiger partial charge in [0, 0.05) is 29.2 Å². The highest BCUT2D eigenvalue weighted by Gasteiger charge is 2.60. The van der Waals surface area contributed by atoms with E-state index in [1.165, 1.54) is 0 Å². The number of carbonyl (C=O) groups excluding carboxylic acids is 1. The molecule has 0 amide bonds. The van der Waals surface area contributed by atoms with Crippen LogP contribution >= 0.6 is 0 Å². The van der Waals surface area contributed by atoms with E-state index in [9.17, 15) is 15.0 Å². The summed E-state index contributed by atoms with van der Waals surface area (Å²) >= 11 is 0. The number of aliphatic hydroxyl groups is 2. The lowest BCUT2D eigenvalue weighted by atomic mass is 9.52. The van der Waals surface area contributed by atoms with Gasteiger partial charge in [-0.2, -0.15) is 0 Å². The Labute approximate surface area is 113 Å². The van der Waals surface area contributed by atoms with E-state index in [1.54, 1.807) is 0 Å². The van der Waals surface area contributed by atoms with Gasteiger partial charge in [0.05, 0.1) is 12.2 Å². The van der Waals surface area contributed by atoms with Gasteiger partial charge in [0.2, 0.25) is 0 Å². The molecule has 4 nitrogen and oxygen atoms in total. The van der Waals surface area contributed by atoms with Crippen LogP contribution in [-0.4, -0.2) is 34.5 Å². The molecule has 0 spiro atoms. The van der Waals surface area contributed by atoms with Gasteiger partial charge in [-0.05, 0) is 18.8 Å². The molecule has 0 aromatic rings. The molecule has 106 valence electrons. The second kappa shape index (κ2) is 4.06. The minimum atomic E-state index is -0.530. The zero-order valence-corrected chi connectivity index (χ0v) is 11.5. The Morgan fingerprint density at radius 3 is 2.79 bits per heavy atom. The Hall–Kier alpha value is -0.870. The smallest absolute Gasteiger partial charge is 0.334 e. The maximum Gasteiger partial charge on any atom is 0.334 e. The van der Waals surface area contributed by atoms with Gasteiger partial charge in [0.1, 0.15) is 6.10 Å². The molecule has 2 aliphatic carbocycles. The average Bonchev–Trinajstić information content (AvgIpc) is 2.63. The molecule has 19 heavy (non-hydrogen) atoms. The zero-order valence-electron chi connectivity index (χ0n) is 11.5. The maximum atomic E-state index is 11.7. The number of aliphatic hydroxyl groups excluding tert-OH is 2. The Bertz CT molecular complexity index is 432. The van der Waals surface area contributed by atoms with Gasteiger partial charge >= 0.3 is 5.97 Å². The largest absolute Gasteiger partial charge is 0.458 e. The van der Waals surface area contributed by atoms with Crippen molar-refractivity contribution < 1.29 is 19.7 Å². The van der Waals surface area contributed by atoms with Crippen LogP contribution in [0, 0.1) is 23.2 Å². The summed E-state index contributed by atoms with van der Waals surface area (Å²) in [5, 5.41) is 20.5. The predicted molar refractivity (Wildman–Crippen MR) is 69.1 cm³/mol. The monoisotopic (exact) mass is 266 g/mol. The second-order valence-electron chi connectivity index (χ2n) is 6.75. The summed E-state index contributed by atoms with van der Waals surface area (Å²) in [6.07, 6.45) is 0.824. The number of hydrogen-bond donors (Lipinski definition) is 2. The van der Waals surface area contributed by atoms with Gasteiger partial charge in [-0.15, -0.1) is 0 Å². The van der Waals surface area contributed by atoms with Crippen LogP contribution in [0.2, 0.25) is 0 Å². The van der Waals surface area contributed by atoms with Crippen molar-refractivity contribution in [2.45, 2.75) is 51.4 Å². The van der Waals surface area contributed by atoms with E-state index in [1.807, 2.05) is 6.92 Å². The molecular weight excluding hydrogens is 244 g/mol. The topological polar surface area (TPSA) is 66.8 Å². The van der Waals surface area contributed by atoms with Gasteiger partial charge in [0.15, 0.2) is 0 Å². The van der Waals surface area contributed by atoms with Gasteiger partial charge < -0.3 is 14.9 Å². The first-order valence-electron chi connectivity index (χ1n) is 7.12. The van der Waals surface area contributed by atoms with Crippen LogP contribution in [0.25, 0.3) is 0 Å². The van der Waals surface area contributed by atoms with E-state index in [-0.39, 0.29) is 35.2 Å². The Morgan fingerprint density at radius 1 is 1.42 bits per heavy atom. The first-order chi connectivity index (χ1) is 8.86. The van der Waals surface area contributed by atoms with E-state index >= 15 is 0 Å². The molecule has 7 unspecified atom stereocenters. The lowest BCUT2D eigenvalue weighted by molar-refractivity contribution is -0.186. The first-order valence-corrected chi connectivity index (χ1v) is 7.12. The van der Waals surface area contributed by atoms with Crippen LogP contribution in [-0.2, 0) is 9.53 Å². The molecule has 2 N–H and O–H groups in total. The minimum absolute atomic E-state index is 0.00759. The predicted octanol–water partition coefficient (Wildman–Crippen LogP) is 1.26. The summed E-state index contributed by atoms with van der Waals surface area (Å²) in [6.45, 7) is 7.91. The van der Waals surface area contributed by atoms with Crippen molar-refractivity contribution in [3.63, 3.8) is 0 Å². The fourth-order valence-corrected chi connectivity index (χ4v) is 4.54. The summed E-state index contributed by atoms with van der Waals surface area (Å²) < 4.78 is 5.52. The number of ether oxygens (including phenoxy) is 1. The molecule has 0 radical (unpaired) electrons. The Balaban J connectivity index is 1.99. The van der Waals surface area contributed by atoms with Crippen LogP contribution in [0.1, 0.15) is 33.1 Å². The second-order valence-corrected chi connectivity index (χ2v) is 6.75. The van der Waals surface area contributed by atoms with E-state index < -0.39 is 12.2 Å². The van der Waals surface area contributed by atoms with Crippen LogP contribution in [0.4, 0.5) is 0 Å². The van der Waals surface area contributed by atoms with Crippen LogP contribution in [0.15, 0.2) is 12.2 Å². The van der Waals surface area contributed by atoms with E-state index in [0.717, 1.165) is 12.8 Å². The molecule has 1 heterocycles. The normalized spacial score (nSPS) is 53.5. The van der Waals surface area contributed by atoms with Crippen molar-refractivity contribution in [1.29, 1.82) is 0 Å². The van der Waals surface area contributed by atoms with Crippen molar-refractivity contribution in [3.05, 3.63) is 12.2 Å². The molecule has 3 fully saturated rings. The van der Waals surface area contributed by atoms with Crippen molar-refractivity contribution in [3.8, 4) is 0 Å². The van der Waals surface area contributed by atoms with Crippen LogP contribution in [0.5, 0.6) is 0 Å². The standard InChI is InChI=1S/C15H22O4/c1-7-9-4-5-15(3)11(17)6-10(16)8(2)12(15)13(9)19-14(7)18/h8-13,16-17H,1,4-6H2,2-3H3. The van der Waals surface area contributed by atoms with Crippen LogP contribution < -0.4 is 0 Å². The molecule has 4 heteroatoms. The molecule has 2 saturated carbocycles. The summed E-state index contributed by atoms with van der Waals surface area (Å²) in [5.74, 6) is -0.209. The lowest BCUT2D eigenvalue weighted by Gasteiger charge is -2.55. The Kier molecular flexibility index (Phi) is 2.81. The van der Waals surface area contributed by atoms with Crippen molar-refractivity contribution in [1.82, 2.24) is 0 Å².